The van der Waals surface area contributed by atoms with Gasteiger partial charge in [-0.05, 0) is 81.8 Å². The molecule has 4 rings (SSSR count). The Morgan fingerprint density at radius 3 is 2.33 bits per heavy atom. The first-order valence-corrected chi connectivity index (χ1v) is 15.0. The summed E-state index contributed by atoms with van der Waals surface area (Å²) in [5.74, 6) is 1.81. The van der Waals surface area contributed by atoms with Crippen LogP contribution < -0.4 is 0 Å². The van der Waals surface area contributed by atoms with Gasteiger partial charge in [0, 0.05) is 42.9 Å². The number of non-ortho nitro benzene ring substituents is 1. The maximum Gasteiger partial charge on any atom is 0.270 e. The summed E-state index contributed by atoms with van der Waals surface area (Å²) in [7, 11) is 0. The van der Waals surface area contributed by atoms with Gasteiger partial charge in [0.15, 0.2) is 0 Å². The van der Waals surface area contributed by atoms with Crippen LogP contribution in [0.1, 0.15) is 76.6 Å². The topological polar surface area (TPSA) is 84.5 Å². The van der Waals surface area contributed by atoms with Gasteiger partial charge in [-0.3, -0.25) is 14.9 Å². The molecule has 0 saturated carbocycles. The van der Waals surface area contributed by atoms with Crippen LogP contribution in [-0.4, -0.2) is 62.9 Å². The van der Waals surface area contributed by atoms with Gasteiger partial charge >= 0.3 is 0 Å². The molecule has 216 valence electrons. The molecular formula is C32H45N5O3. The van der Waals surface area contributed by atoms with Crippen molar-refractivity contribution in [1.29, 1.82) is 0 Å². The average Bonchev–Trinajstić information content (AvgIpc) is 3.31. The molecular weight excluding hydrogens is 502 g/mol. The van der Waals surface area contributed by atoms with Crippen LogP contribution in [0, 0.1) is 22.0 Å². The molecule has 0 spiro atoms. The van der Waals surface area contributed by atoms with Crippen molar-refractivity contribution in [1.82, 2.24) is 19.4 Å². The Hall–Kier alpha value is -3.26. The van der Waals surface area contributed by atoms with Gasteiger partial charge in [0.1, 0.15) is 5.82 Å². The van der Waals surface area contributed by atoms with Crippen LogP contribution in [0.3, 0.4) is 0 Å². The van der Waals surface area contributed by atoms with Crippen LogP contribution in [-0.2, 0) is 6.54 Å². The van der Waals surface area contributed by atoms with Crippen molar-refractivity contribution in [2.45, 2.75) is 72.8 Å². The molecule has 0 atom stereocenters. The number of nitro benzene ring substituents is 1. The lowest BCUT2D eigenvalue weighted by Crippen LogP contribution is -2.34. The van der Waals surface area contributed by atoms with Crippen molar-refractivity contribution in [3.63, 3.8) is 0 Å². The molecule has 0 radical (unpaired) electrons. The molecule has 3 aromatic rings. The molecule has 8 nitrogen and oxygen atoms in total. The monoisotopic (exact) mass is 547 g/mol. The lowest BCUT2D eigenvalue weighted by molar-refractivity contribution is -0.384. The van der Waals surface area contributed by atoms with Crippen LogP contribution in [0.2, 0.25) is 0 Å². The smallest absolute Gasteiger partial charge is 0.270 e. The number of benzene rings is 2. The van der Waals surface area contributed by atoms with Crippen molar-refractivity contribution >= 4 is 22.6 Å². The number of aryl methyl sites for hydroxylation is 1. The number of nitro groups is 1. The molecule has 40 heavy (non-hydrogen) atoms. The number of carbonyl (C=O) groups is 1. The number of aromatic nitrogens is 2. The molecule has 1 saturated heterocycles. The van der Waals surface area contributed by atoms with Crippen LogP contribution in [0.5, 0.6) is 0 Å². The fourth-order valence-corrected chi connectivity index (χ4v) is 5.42. The van der Waals surface area contributed by atoms with Crippen LogP contribution >= 0.6 is 0 Å². The second-order valence-electron chi connectivity index (χ2n) is 12.0. The van der Waals surface area contributed by atoms with Gasteiger partial charge in [-0.15, -0.1) is 0 Å². The summed E-state index contributed by atoms with van der Waals surface area (Å²) in [6.45, 7) is 14.3. The Morgan fingerprint density at radius 1 is 0.975 bits per heavy atom. The van der Waals surface area contributed by atoms with Crippen molar-refractivity contribution in [3.05, 3.63) is 58.1 Å². The molecule has 2 heterocycles. The molecule has 1 aliphatic heterocycles. The van der Waals surface area contributed by atoms with E-state index in [1.807, 2.05) is 29.2 Å². The van der Waals surface area contributed by atoms with Gasteiger partial charge in [0.2, 0.25) is 0 Å². The Morgan fingerprint density at radius 2 is 1.68 bits per heavy atom. The third-order valence-electron chi connectivity index (χ3n) is 7.86. The minimum absolute atomic E-state index is 0.0474. The largest absolute Gasteiger partial charge is 0.339 e. The van der Waals surface area contributed by atoms with Gasteiger partial charge in [0.25, 0.3) is 11.6 Å². The average molecular weight is 548 g/mol. The quantitative estimate of drug-likeness (QED) is 0.170. The van der Waals surface area contributed by atoms with Crippen LogP contribution in [0.25, 0.3) is 22.4 Å². The van der Waals surface area contributed by atoms with E-state index in [9.17, 15) is 14.9 Å². The normalized spacial score (nSPS) is 14.3. The van der Waals surface area contributed by atoms with E-state index in [1.165, 1.54) is 25.3 Å². The molecule has 2 aromatic carbocycles. The number of hydrogen-bond donors (Lipinski definition) is 0. The van der Waals surface area contributed by atoms with E-state index in [-0.39, 0.29) is 16.5 Å². The molecule has 0 bridgehead atoms. The molecule has 8 heteroatoms. The first-order chi connectivity index (χ1) is 19.2. The van der Waals surface area contributed by atoms with Crippen molar-refractivity contribution in [2.75, 3.05) is 32.7 Å². The first kappa shape index (κ1) is 29.7. The Kier molecular flexibility index (Phi) is 10.3. The van der Waals surface area contributed by atoms with Gasteiger partial charge < -0.3 is 14.4 Å². The van der Waals surface area contributed by atoms with E-state index < -0.39 is 0 Å². The van der Waals surface area contributed by atoms with E-state index in [0.29, 0.717) is 28.8 Å². The summed E-state index contributed by atoms with van der Waals surface area (Å²) in [6, 6.07) is 12.5. The minimum atomic E-state index is -0.369. The highest BCUT2D eigenvalue weighted by atomic mass is 16.6. The number of rotatable bonds is 13. The molecule has 1 aromatic heterocycles. The third-order valence-corrected chi connectivity index (χ3v) is 7.86. The zero-order valence-corrected chi connectivity index (χ0v) is 24.6. The Bertz CT molecular complexity index is 1280. The molecule has 1 aliphatic rings. The predicted octanol–water partition coefficient (Wildman–Crippen LogP) is 7.02. The Balaban J connectivity index is 1.68. The van der Waals surface area contributed by atoms with Gasteiger partial charge in [-0.1, -0.05) is 46.2 Å². The molecule has 0 aliphatic carbocycles. The number of nitrogens with zero attached hydrogens (tertiary/aromatic N) is 5. The van der Waals surface area contributed by atoms with Crippen molar-refractivity contribution < 1.29 is 9.72 Å². The summed E-state index contributed by atoms with van der Waals surface area (Å²) < 4.78 is 2.15. The minimum Gasteiger partial charge on any atom is -0.339 e. The summed E-state index contributed by atoms with van der Waals surface area (Å²) in [5, 5.41) is 11.5. The maximum atomic E-state index is 13.8. The van der Waals surface area contributed by atoms with E-state index in [0.717, 1.165) is 69.6 Å². The fraction of sp³-hybridized carbons (Fsp3) is 0.562. The summed E-state index contributed by atoms with van der Waals surface area (Å²) >= 11 is 0. The van der Waals surface area contributed by atoms with Crippen LogP contribution in [0.4, 0.5) is 5.69 Å². The second kappa shape index (κ2) is 13.9. The van der Waals surface area contributed by atoms with Gasteiger partial charge in [0.05, 0.1) is 16.0 Å². The fourth-order valence-electron chi connectivity index (χ4n) is 5.42. The number of likely N-dealkylation sites (tertiary alicyclic amines) is 1. The number of fused-ring (bicyclic) bond motifs is 1. The zero-order chi connectivity index (χ0) is 28.6. The van der Waals surface area contributed by atoms with Crippen molar-refractivity contribution in [2.24, 2.45) is 11.8 Å². The standard InChI is InChI=1S/C32H45N5O3/c1-24(2)14-20-35(21-15-25(3)4)32(38)27-12-13-29-30(23-27)36(19-9-18-34-16-6-5-7-17-34)31(33-29)26-10-8-11-28(22-26)37(39)40/h8,10-13,22-25H,5-7,9,14-21H2,1-4H3. The SMILES string of the molecule is CC(C)CCN(CCC(C)C)C(=O)c1ccc2nc(-c3cccc([N+](=O)[O-])c3)n(CCCN3CCCCC3)c2c1. The number of carbonyl (C=O) groups excluding carboxylic acids is 1. The van der Waals surface area contributed by atoms with E-state index in [1.54, 1.807) is 12.1 Å². The van der Waals surface area contributed by atoms with Crippen LogP contribution in [0.15, 0.2) is 42.5 Å². The zero-order valence-electron chi connectivity index (χ0n) is 24.6. The molecule has 0 unspecified atom stereocenters. The lowest BCUT2D eigenvalue weighted by Gasteiger charge is -2.26. The Labute approximate surface area is 238 Å². The van der Waals surface area contributed by atoms with Gasteiger partial charge in [-0.25, -0.2) is 4.98 Å². The molecule has 0 N–H and O–H groups in total. The summed E-state index contributed by atoms with van der Waals surface area (Å²) in [4.78, 5) is 34.3. The summed E-state index contributed by atoms with van der Waals surface area (Å²) in [6.07, 6.45) is 6.70. The third kappa shape index (κ3) is 7.68. The van der Waals surface area contributed by atoms with E-state index >= 15 is 0 Å². The molecule has 1 fully saturated rings. The maximum absolute atomic E-state index is 13.8. The first-order valence-electron chi connectivity index (χ1n) is 15.0. The van der Waals surface area contributed by atoms with E-state index in [4.69, 9.17) is 4.98 Å². The number of amides is 1. The highest BCUT2D eigenvalue weighted by Gasteiger charge is 2.21. The summed E-state index contributed by atoms with van der Waals surface area (Å²) in [5.41, 5.74) is 3.13. The second-order valence-corrected chi connectivity index (χ2v) is 12.0. The lowest BCUT2D eigenvalue weighted by atomic mass is 10.1. The molecule has 1 amide bonds. The number of hydrogen-bond acceptors (Lipinski definition) is 5. The highest BCUT2D eigenvalue weighted by molar-refractivity contribution is 5.98. The number of piperidine rings is 1. The van der Waals surface area contributed by atoms with Gasteiger partial charge in [-0.2, -0.15) is 0 Å². The van der Waals surface area contributed by atoms with E-state index in [2.05, 4.69) is 37.2 Å². The number of imidazole rings is 1. The predicted molar refractivity (Wildman–Crippen MR) is 162 cm³/mol. The highest BCUT2D eigenvalue weighted by Crippen LogP contribution is 2.29. The van der Waals surface area contributed by atoms with Crippen molar-refractivity contribution in [3.8, 4) is 11.4 Å².